The fourth-order valence-corrected chi connectivity index (χ4v) is 2.73. The molecule has 0 amide bonds. The van der Waals surface area contributed by atoms with Crippen molar-refractivity contribution in [2.24, 2.45) is 0 Å². The van der Waals surface area contributed by atoms with Gasteiger partial charge in [0.1, 0.15) is 9.75 Å². The Hall–Kier alpha value is -2.72. The van der Waals surface area contributed by atoms with E-state index in [4.69, 9.17) is 20.4 Å². The Morgan fingerprint density at radius 2 is 0.955 bits per heavy atom. The van der Waals surface area contributed by atoms with Gasteiger partial charge in [-0.25, -0.2) is 19.2 Å². The van der Waals surface area contributed by atoms with Crippen molar-refractivity contribution in [2.75, 3.05) is 0 Å². The maximum Gasteiger partial charge on any atom is 0.346 e. The third kappa shape index (κ3) is 4.14. The zero-order chi connectivity index (χ0) is 16.9. The average molecular weight is 344 g/mol. The van der Waals surface area contributed by atoms with Gasteiger partial charge in [-0.1, -0.05) is 0 Å². The molecule has 2 rings (SSSR count). The highest BCUT2D eigenvalue weighted by Crippen LogP contribution is 2.16. The van der Waals surface area contributed by atoms with Crippen molar-refractivity contribution in [3.63, 3.8) is 0 Å². The minimum Gasteiger partial charge on any atom is -0.478 e. The van der Waals surface area contributed by atoms with Gasteiger partial charge in [0.15, 0.2) is 0 Å². The predicted octanol–water partition coefficient (Wildman–Crippen LogP) is 2.29. The maximum atomic E-state index is 10.3. The van der Waals surface area contributed by atoms with E-state index in [2.05, 4.69) is 0 Å². The molecule has 2 aromatic heterocycles. The Morgan fingerprint density at radius 1 is 0.636 bits per heavy atom. The maximum absolute atomic E-state index is 10.3. The molecule has 0 aliphatic carbocycles. The SMILES string of the molecule is O=C(O)c1ccsc1C(=O)O.O=C(O)c1ccsc1C(=O)O. The summed E-state index contributed by atoms with van der Waals surface area (Å²) >= 11 is 1.81. The number of hydrogen-bond donors (Lipinski definition) is 4. The lowest BCUT2D eigenvalue weighted by Crippen LogP contribution is -2.03. The van der Waals surface area contributed by atoms with Gasteiger partial charge in [-0.05, 0) is 22.9 Å². The first-order valence-corrected chi connectivity index (χ1v) is 7.09. The summed E-state index contributed by atoms with van der Waals surface area (Å²) in [5, 5.41) is 36.7. The van der Waals surface area contributed by atoms with E-state index in [1.54, 1.807) is 0 Å². The minimum absolute atomic E-state index is 0.127. The highest BCUT2D eigenvalue weighted by atomic mass is 32.1. The van der Waals surface area contributed by atoms with Crippen LogP contribution in [0.3, 0.4) is 0 Å². The van der Waals surface area contributed by atoms with E-state index in [0.29, 0.717) is 0 Å². The first kappa shape index (κ1) is 17.3. The molecule has 0 spiro atoms. The third-order valence-electron chi connectivity index (χ3n) is 2.18. The summed E-state index contributed by atoms with van der Waals surface area (Å²) in [7, 11) is 0. The lowest BCUT2D eigenvalue weighted by atomic mass is 10.2. The first-order chi connectivity index (χ1) is 10.3. The molecule has 0 aliphatic heterocycles. The second kappa shape index (κ2) is 7.33. The van der Waals surface area contributed by atoms with Crippen molar-refractivity contribution in [1.82, 2.24) is 0 Å². The number of hydrogen-bond acceptors (Lipinski definition) is 6. The fraction of sp³-hybridized carbons (Fsp3) is 0. The van der Waals surface area contributed by atoms with Crippen LogP contribution in [0.25, 0.3) is 0 Å². The molecule has 0 aliphatic rings. The Kier molecular flexibility index (Phi) is 5.78. The number of rotatable bonds is 4. The van der Waals surface area contributed by atoms with Crippen LogP contribution in [0.4, 0.5) is 0 Å². The number of thiophene rings is 2. The van der Waals surface area contributed by atoms with E-state index >= 15 is 0 Å². The molecule has 0 bridgehead atoms. The van der Waals surface area contributed by atoms with Crippen LogP contribution in [-0.2, 0) is 0 Å². The molecule has 2 aromatic rings. The minimum atomic E-state index is -1.20. The molecule has 0 aromatic carbocycles. The van der Waals surface area contributed by atoms with Gasteiger partial charge in [-0.2, -0.15) is 0 Å². The van der Waals surface area contributed by atoms with Gasteiger partial charge in [-0.15, -0.1) is 22.7 Å². The molecule has 2 heterocycles. The molecule has 22 heavy (non-hydrogen) atoms. The molecule has 0 unspecified atom stereocenters. The van der Waals surface area contributed by atoms with Gasteiger partial charge in [0, 0.05) is 0 Å². The molecular formula is C12H8O8S2. The molecule has 4 N–H and O–H groups in total. The smallest absolute Gasteiger partial charge is 0.346 e. The number of carboxylic acids is 4. The van der Waals surface area contributed by atoms with Crippen LogP contribution in [0.5, 0.6) is 0 Å². The van der Waals surface area contributed by atoms with E-state index in [1.165, 1.54) is 22.9 Å². The Bertz CT molecular complexity index is 608. The van der Waals surface area contributed by atoms with E-state index in [0.717, 1.165) is 22.7 Å². The summed E-state index contributed by atoms with van der Waals surface area (Å²) in [5.41, 5.74) is -0.301. The highest BCUT2D eigenvalue weighted by Gasteiger charge is 2.17. The molecule has 10 heteroatoms. The summed E-state index contributed by atoms with van der Waals surface area (Å²) in [6.07, 6.45) is 0. The standard InChI is InChI=1S/2C6H4O4S/c2*7-5(8)3-1-2-11-4(3)6(9)10/h2*1-2H,(H,7,8)(H,9,10). The zero-order valence-corrected chi connectivity index (χ0v) is 12.2. The van der Waals surface area contributed by atoms with Crippen LogP contribution in [0.2, 0.25) is 0 Å². The molecule has 116 valence electrons. The quantitative estimate of drug-likeness (QED) is 0.660. The van der Waals surface area contributed by atoms with Crippen molar-refractivity contribution in [2.45, 2.75) is 0 Å². The van der Waals surface area contributed by atoms with Gasteiger partial charge in [0.05, 0.1) is 11.1 Å². The van der Waals surface area contributed by atoms with Crippen LogP contribution >= 0.6 is 22.7 Å². The summed E-state index contributed by atoms with van der Waals surface area (Å²) in [5.74, 6) is -4.80. The van der Waals surface area contributed by atoms with Crippen LogP contribution in [-0.4, -0.2) is 44.3 Å². The monoisotopic (exact) mass is 344 g/mol. The molecule has 8 nitrogen and oxygen atoms in total. The lowest BCUT2D eigenvalue weighted by Gasteiger charge is -1.89. The number of aromatic carboxylic acids is 4. The fourth-order valence-electron chi connectivity index (χ4n) is 1.29. The van der Waals surface area contributed by atoms with Crippen molar-refractivity contribution in [1.29, 1.82) is 0 Å². The van der Waals surface area contributed by atoms with Crippen molar-refractivity contribution < 1.29 is 39.6 Å². The number of carboxylic acid groups (broad SMARTS) is 4. The topological polar surface area (TPSA) is 149 Å². The molecule has 0 atom stereocenters. The third-order valence-corrected chi connectivity index (χ3v) is 3.98. The molecular weight excluding hydrogens is 336 g/mol. The molecule has 0 saturated heterocycles. The molecule has 0 saturated carbocycles. The van der Waals surface area contributed by atoms with Crippen LogP contribution < -0.4 is 0 Å². The van der Waals surface area contributed by atoms with Crippen molar-refractivity contribution in [3.05, 3.63) is 43.8 Å². The summed E-state index contributed by atoms with van der Waals surface area (Å²) in [6.45, 7) is 0. The van der Waals surface area contributed by atoms with E-state index in [9.17, 15) is 19.2 Å². The second-order valence-corrected chi connectivity index (χ2v) is 5.38. The van der Waals surface area contributed by atoms with Gasteiger partial charge in [0.25, 0.3) is 0 Å². The van der Waals surface area contributed by atoms with Crippen LogP contribution in [0.1, 0.15) is 40.1 Å². The number of carbonyl (C=O) groups is 4. The predicted molar refractivity (Wildman–Crippen MR) is 76.5 cm³/mol. The first-order valence-electron chi connectivity index (χ1n) is 5.33. The molecule has 0 radical (unpaired) electrons. The normalized spacial score (nSPS) is 9.45. The van der Waals surface area contributed by atoms with Gasteiger partial charge >= 0.3 is 23.9 Å². The zero-order valence-electron chi connectivity index (χ0n) is 10.5. The van der Waals surface area contributed by atoms with E-state index in [-0.39, 0.29) is 20.9 Å². The molecule has 0 fully saturated rings. The van der Waals surface area contributed by atoms with Gasteiger partial charge < -0.3 is 20.4 Å². The van der Waals surface area contributed by atoms with Crippen LogP contribution in [0, 0.1) is 0 Å². The highest BCUT2D eigenvalue weighted by molar-refractivity contribution is 7.12. The average Bonchev–Trinajstić information content (AvgIpc) is 3.08. The van der Waals surface area contributed by atoms with E-state index < -0.39 is 23.9 Å². The summed E-state index contributed by atoms with van der Waals surface area (Å²) < 4.78 is 0. The Labute approximate surface area is 130 Å². The summed E-state index contributed by atoms with van der Waals surface area (Å²) in [4.78, 5) is 41.1. The van der Waals surface area contributed by atoms with Gasteiger partial charge in [0.2, 0.25) is 0 Å². The lowest BCUT2D eigenvalue weighted by molar-refractivity contribution is 0.0656. The van der Waals surface area contributed by atoms with Crippen molar-refractivity contribution >= 4 is 46.6 Å². The largest absolute Gasteiger partial charge is 0.478 e. The summed E-state index contributed by atoms with van der Waals surface area (Å²) in [6, 6.07) is 2.55. The Balaban J connectivity index is 0.000000220. The van der Waals surface area contributed by atoms with Gasteiger partial charge in [-0.3, -0.25) is 0 Å². The van der Waals surface area contributed by atoms with Crippen molar-refractivity contribution in [3.8, 4) is 0 Å². The van der Waals surface area contributed by atoms with E-state index in [1.807, 2.05) is 0 Å². The van der Waals surface area contributed by atoms with Crippen LogP contribution in [0.15, 0.2) is 22.9 Å². The second-order valence-electron chi connectivity index (χ2n) is 3.55. The Morgan fingerprint density at radius 3 is 1.14 bits per heavy atom.